The number of phenolic OH excluding ortho intramolecular Hbond substituents is 1. The third-order valence-electron chi connectivity index (χ3n) is 9.81. The third kappa shape index (κ3) is 4.39. The Balaban J connectivity index is 1.44. The average Bonchev–Trinajstić information content (AvgIpc) is 3.72. The summed E-state index contributed by atoms with van der Waals surface area (Å²) in [6.45, 7) is -0.0323. The number of alkyl halides is 2. The highest BCUT2D eigenvalue weighted by Crippen LogP contribution is 2.66. The maximum absolute atomic E-state index is 15.2. The average molecular weight is 762 g/mol. The normalized spacial score (nSPS) is 29.3. The number of rotatable bonds is 5. The van der Waals surface area contributed by atoms with E-state index in [2.05, 4.69) is 0 Å². The second-order valence-corrected chi connectivity index (χ2v) is 14.8. The second-order valence-electron chi connectivity index (χ2n) is 12.1. The van der Waals surface area contributed by atoms with Gasteiger partial charge in [0.25, 0.3) is 11.8 Å². The van der Waals surface area contributed by atoms with E-state index in [-0.39, 0.29) is 39.8 Å². The maximum Gasteiger partial charge on any atom is 0.258 e. The maximum atomic E-state index is 15.2. The zero-order chi connectivity index (χ0) is 35.5. The molecule has 3 aromatic rings. The summed E-state index contributed by atoms with van der Waals surface area (Å²) < 4.78 is 78.4. The number of anilines is 1. The second kappa shape index (κ2) is 11.4. The van der Waals surface area contributed by atoms with Crippen molar-refractivity contribution in [3.63, 3.8) is 0 Å². The highest BCUT2D eigenvalue weighted by atomic mass is 35.5. The molecule has 2 aliphatic carbocycles. The Morgan fingerprint density at radius 1 is 0.959 bits per heavy atom. The number of benzene rings is 2. The number of hydrogen-bond acceptors (Lipinski definition) is 7. The molecule has 4 amide bonds. The topological polar surface area (TPSA) is 104 Å². The Morgan fingerprint density at radius 3 is 2.22 bits per heavy atom. The number of allylic oxidation sites excluding steroid dienone is 2. The lowest BCUT2D eigenvalue weighted by Crippen LogP contribution is -2.60. The monoisotopic (exact) mass is 760 g/mol. The Hall–Kier alpha value is -3.72. The van der Waals surface area contributed by atoms with Gasteiger partial charge in [-0.1, -0.05) is 29.3 Å². The Kier molecular flexibility index (Phi) is 7.86. The molecule has 3 fully saturated rings. The van der Waals surface area contributed by atoms with Crippen LogP contribution in [0.4, 0.5) is 27.6 Å². The van der Waals surface area contributed by atoms with Crippen molar-refractivity contribution in [1.82, 2.24) is 4.90 Å². The van der Waals surface area contributed by atoms with E-state index in [9.17, 15) is 37.5 Å². The SMILES string of the molecule is COc1cc(C2C3=CCC4C(=O)N(Cc5cccs5)C(=O)C4C3CC3(Cl)C(=O)N(c4c(F)c(F)c(F)c(F)c4F)C(=O)C23Cl)cc(Cl)c1O. The van der Waals surface area contributed by atoms with Gasteiger partial charge in [0, 0.05) is 10.8 Å². The Bertz CT molecular complexity index is 2020. The number of carbonyl (C=O) groups is 4. The van der Waals surface area contributed by atoms with Gasteiger partial charge >= 0.3 is 0 Å². The molecule has 49 heavy (non-hydrogen) atoms. The van der Waals surface area contributed by atoms with Crippen LogP contribution < -0.4 is 9.64 Å². The van der Waals surface area contributed by atoms with Crippen LogP contribution in [-0.2, 0) is 25.7 Å². The van der Waals surface area contributed by atoms with Gasteiger partial charge < -0.3 is 9.84 Å². The van der Waals surface area contributed by atoms with Gasteiger partial charge in [0.15, 0.2) is 44.5 Å². The van der Waals surface area contributed by atoms with Crippen molar-refractivity contribution in [2.45, 2.75) is 35.1 Å². The van der Waals surface area contributed by atoms with Crippen molar-refractivity contribution in [2.24, 2.45) is 17.8 Å². The third-order valence-corrected chi connectivity index (χ3v) is 12.4. The van der Waals surface area contributed by atoms with Gasteiger partial charge in [0.2, 0.25) is 17.6 Å². The van der Waals surface area contributed by atoms with E-state index in [1.54, 1.807) is 23.6 Å². The first kappa shape index (κ1) is 33.8. The van der Waals surface area contributed by atoms with Crippen LogP contribution in [0.25, 0.3) is 0 Å². The molecule has 2 aromatic carbocycles. The van der Waals surface area contributed by atoms with Gasteiger partial charge in [0.05, 0.1) is 30.5 Å². The fourth-order valence-corrected chi connectivity index (χ4v) is 9.48. The van der Waals surface area contributed by atoms with Crippen LogP contribution in [0.5, 0.6) is 11.5 Å². The summed E-state index contributed by atoms with van der Waals surface area (Å²) in [7, 11) is 1.19. The van der Waals surface area contributed by atoms with Gasteiger partial charge in [-0.25, -0.2) is 26.9 Å². The molecule has 3 heterocycles. The minimum atomic E-state index is -2.74. The number of fused-ring (bicyclic) bond motifs is 4. The molecule has 1 saturated carbocycles. The van der Waals surface area contributed by atoms with Crippen molar-refractivity contribution in [3.05, 3.63) is 85.8 Å². The van der Waals surface area contributed by atoms with E-state index >= 15 is 8.78 Å². The molecule has 17 heteroatoms. The van der Waals surface area contributed by atoms with Crippen molar-refractivity contribution in [1.29, 1.82) is 0 Å². The summed E-state index contributed by atoms with van der Waals surface area (Å²) in [6.07, 6.45) is 0.892. The van der Waals surface area contributed by atoms with E-state index in [0.717, 1.165) is 4.90 Å². The van der Waals surface area contributed by atoms with Gasteiger partial charge in [-0.3, -0.25) is 24.1 Å². The summed E-state index contributed by atoms with van der Waals surface area (Å²) in [4.78, 5) is 52.4. The van der Waals surface area contributed by atoms with Crippen LogP contribution in [0.15, 0.2) is 41.3 Å². The quantitative estimate of drug-likeness (QED) is 0.0788. The van der Waals surface area contributed by atoms with E-state index in [0.29, 0.717) is 4.88 Å². The molecule has 2 aliphatic heterocycles. The molecule has 6 unspecified atom stereocenters. The summed E-state index contributed by atoms with van der Waals surface area (Å²) in [5.74, 6) is -22.1. The fraction of sp³-hybridized carbons (Fsp3) is 0.312. The minimum absolute atomic E-state index is 0.0123. The zero-order valence-electron chi connectivity index (χ0n) is 24.7. The van der Waals surface area contributed by atoms with Gasteiger partial charge in [-0.05, 0) is 47.9 Å². The minimum Gasteiger partial charge on any atom is -0.503 e. The number of ether oxygens (including phenoxy) is 1. The predicted molar refractivity (Wildman–Crippen MR) is 166 cm³/mol. The highest BCUT2D eigenvalue weighted by Gasteiger charge is 2.77. The van der Waals surface area contributed by atoms with Gasteiger partial charge in [0.1, 0.15) is 5.69 Å². The van der Waals surface area contributed by atoms with Crippen LogP contribution in [0.3, 0.4) is 0 Å². The first-order valence-electron chi connectivity index (χ1n) is 14.5. The van der Waals surface area contributed by atoms with Crippen molar-refractivity contribution >= 4 is 75.5 Å². The lowest BCUT2D eigenvalue weighted by atomic mass is 9.56. The van der Waals surface area contributed by atoms with Crippen molar-refractivity contribution < 1.29 is 51.0 Å². The number of methoxy groups -OCH3 is 1. The first-order chi connectivity index (χ1) is 23.1. The first-order valence-corrected chi connectivity index (χ1v) is 16.5. The Morgan fingerprint density at radius 2 is 1.61 bits per heavy atom. The van der Waals surface area contributed by atoms with E-state index in [4.69, 9.17) is 39.5 Å². The van der Waals surface area contributed by atoms with E-state index in [1.165, 1.54) is 30.6 Å². The van der Waals surface area contributed by atoms with Crippen LogP contribution in [-0.4, -0.2) is 50.5 Å². The summed E-state index contributed by atoms with van der Waals surface area (Å²) in [6, 6.07) is 5.87. The van der Waals surface area contributed by atoms with Crippen molar-refractivity contribution in [2.75, 3.05) is 12.0 Å². The molecule has 8 nitrogen and oxygen atoms in total. The molecule has 2 saturated heterocycles. The number of amides is 4. The van der Waals surface area contributed by atoms with E-state index in [1.807, 2.05) is 0 Å². The molecule has 0 radical (unpaired) electrons. The van der Waals surface area contributed by atoms with Crippen LogP contribution in [0.1, 0.15) is 29.2 Å². The summed E-state index contributed by atoms with van der Waals surface area (Å²) >= 11 is 21.8. The van der Waals surface area contributed by atoms with Crippen LogP contribution >= 0.6 is 46.1 Å². The number of likely N-dealkylation sites (tertiary alicyclic amines) is 1. The summed E-state index contributed by atoms with van der Waals surface area (Å²) in [5.41, 5.74) is -1.66. The summed E-state index contributed by atoms with van der Waals surface area (Å²) in [5, 5.41) is 11.9. The number of hydrogen-bond donors (Lipinski definition) is 1. The Labute approximate surface area is 292 Å². The lowest BCUT2D eigenvalue weighted by molar-refractivity contribution is -0.141. The number of carbonyl (C=O) groups excluding carboxylic acids is 4. The predicted octanol–water partition coefficient (Wildman–Crippen LogP) is 6.57. The van der Waals surface area contributed by atoms with E-state index < -0.39 is 104 Å². The molecular formula is C32H20Cl3F5N2O6S. The van der Waals surface area contributed by atoms with Gasteiger partial charge in [-0.2, -0.15) is 0 Å². The zero-order valence-corrected chi connectivity index (χ0v) is 27.8. The molecular weight excluding hydrogens is 742 g/mol. The largest absolute Gasteiger partial charge is 0.503 e. The number of halogens is 8. The smallest absolute Gasteiger partial charge is 0.258 e. The number of imide groups is 2. The standard InChI is InChI=1S/C32H20Cl3F5N2O6S/c1-48-17-8-11(7-16(33)26(17)43)19-13-4-5-14-18(28(45)41(27(14)44)10-12-3-2-6-49-12)15(13)9-31(34)29(46)42(30(47)32(19,31)35)25-23(39)21(37)20(36)22(38)24(25)40/h2-4,6-8,14-15,18-19,43H,5,9-10H2,1H3. The molecule has 6 atom stereocenters. The van der Waals surface area contributed by atoms with Gasteiger partial charge in [-0.15, -0.1) is 34.5 Å². The van der Waals surface area contributed by atoms with Crippen LogP contribution in [0, 0.1) is 46.8 Å². The number of aromatic hydroxyl groups is 1. The lowest BCUT2D eigenvalue weighted by Gasteiger charge is -2.50. The molecule has 7 rings (SSSR count). The molecule has 0 spiro atoms. The number of nitrogens with zero attached hydrogens (tertiary/aromatic N) is 2. The molecule has 1 N–H and O–H groups in total. The molecule has 256 valence electrons. The number of thiophene rings is 1. The molecule has 4 aliphatic rings. The molecule has 0 bridgehead atoms. The number of phenols is 1. The van der Waals surface area contributed by atoms with Crippen molar-refractivity contribution in [3.8, 4) is 11.5 Å². The molecule has 1 aromatic heterocycles. The van der Waals surface area contributed by atoms with Crippen LogP contribution in [0.2, 0.25) is 5.02 Å². The highest BCUT2D eigenvalue weighted by molar-refractivity contribution is 7.09. The fourth-order valence-electron chi connectivity index (χ4n) is 7.64.